The van der Waals surface area contributed by atoms with E-state index >= 15 is 0 Å². The molecule has 124 valence electrons. The Morgan fingerprint density at radius 1 is 1.39 bits per heavy atom. The molecular weight excluding hydrogens is 318 g/mol. The van der Waals surface area contributed by atoms with E-state index in [1.807, 2.05) is 0 Å². The lowest BCUT2D eigenvalue weighted by atomic mass is 9.97. The zero-order valence-corrected chi connectivity index (χ0v) is 13.9. The van der Waals surface area contributed by atoms with Gasteiger partial charge < -0.3 is 9.42 Å². The fraction of sp³-hybridized carbons (Fsp3) is 0.500. The van der Waals surface area contributed by atoms with Crippen LogP contribution in [0.1, 0.15) is 30.5 Å². The standard InChI is InChI=1S/C14H19N5O3S/c1-10-17-14(18-22-10)11-4-3-7-19(9-11)13-6-5-12(8-16-13)23(20,21)15-2/h5-6,8,11,15H,3-4,7,9H2,1-2H3. The van der Waals surface area contributed by atoms with E-state index in [1.165, 1.54) is 13.2 Å². The maximum atomic E-state index is 11.7. The van der Waals surface area contributed by atoms with Gasteiger partial charge in [0, 0.05) is 32.1 Å². The highest BCUT2D eigenvalue weighted by atomic mass is 32.2. The summed E-state index contributed by atoms with van der Waals surface area (Å²) in [5.74, 6) is 2.24. The summed E-state index contributed by atoms with van der Waals surface area (Å²) in [6.07, 6.45) is 3.38. The first-order valence-corrected chi connectivity index (χ1v) is 8.92. The van der Waals surface area contributed by atoms with Crippen molar-refractivity contribution < 1.29 is 12.9 Å². The highest BCUT2D eigenvalue weighted by Gasteiger charge is 2.26. The summed E-state index contributed by atoms with van der Waals surface area (Å²) in [5, 5.41) is 4.00. The average Bonchev–Trinajstić information content (AvgIpc) is 3.02. The lowest BCUT2D eigenvalue weighted by Crippen LogP contribution is -2.35. The maximum absolute atomic E-state index is 11.7. The zero-order valence-electron chi connectivity index (χ0n) is 13.1. The van der Waals surface area contributed by atoms with E-state index in [0.717, 1.165) is 37.6 Å². The number of aromatic nitrogens is 3. The van der Waals surface area contributed by atoms with Crippen LogP contribution in [0.3, 0.4) is 0 Å². The van der Waals surface area contributed by atoms with E-state index in [9.17, 15) is 8.42 Å². The SMILES string of the molecule is CNS(=O)(=O)c1ccc(N2CCCC(c3noc(C)n3)C2)nc1. The predicted molar refractivity (Wildman–Crippen MR) is 83.7 cm³/mol. The smallest absolute Gasteiger partial charge is 0.241 e. The molecule has 0 aliphatic carbocycles. The third kappa shape index (κ3) is 3.35. The van der Waals surface area contributed by atoms with Gasteiger partial charge in [0.05, 0.1) is 0 Å². The van der Waals surface area contributed by atoms with E-state index in [1.54, 1.807) is 19.1 Å². The highest BCUT2D eigenvalue weighted by molar-refractivity contribution is 7.89. The van der Waals surface area contributed by atoms with E-state index in [4.69, 9.17) is 4.52 Å². The van der Waals surface area contributed by atoms with Crippen molar-refractivity contribution in [2.75, 3.05) is 25.0 Å². The van der Waals surface area contributed by atoms with E-state index in [2.05, 4.69) is 24.7 Å². The quantitative estimate of drug-likeness (QED) is 0.890. The van der Waals surface area contributed by atoms with Gasteiger partial charge in [-0.15, -0.1) is 0 Å². The number of rotatable bonds is 4. The van der Waals surface area contributed by atoms with Gasteiger partial charge in [-0.05, 0) is 32.0 Å². The summed E-state index contributed by atoms with van der Waals surface area (Å²) in [4.78, 5) is 10.9. The van der Waals surface area contributed by atoms with Crippen molar-refractivity contribution in [3.05, 3.63) is 30.0 Å². The van der Waals surface area contributed by atoms with Gasteiger partial charge in [-0.25, -0.2) is 18.1 Å². The molecule has 0 saturated carbocycles. The van der Waals surface area contributed by atoms with Crippen molar-refractivity contribution in [1.29, 1.82) is 0 Å². The van der Waals surface area contributed by atoms with Crippen molar-refractivity contribution >= 4 is 15.8 Å². The zero-order chi connectivity index (χ0) is 16.4. The van der Waals surface area contributed by atoms with Gasteiger partial charge in [0.2, 0.25) is 15.9 Å². The predicted octanol–water partition coefficient (Wildman–Crippen LogP) is 1.07. The molecule has 2 aromatic heterocycles. The molecule has 1 aliphatic rings. The molecule has 0 spiro atoms. The Balaban J connectivity index is 1.76. The topological polar surface area (TPSA) is 101 Å². The molecule has 0 bridgehead atoms. The van der Waals surface area contributed by atoms with Crippen LogP contribution in [0.2, 0.25) is 0 Å². The van der Waals surface area contributed by atoms with E-state index in [0.29, 0.717) is 5.89 Å². The fourth-order valence-electron chi connectivity index (χ4n) is 2.71. The van der Waals surface area contributed by atoms with Gasteiger partial charge in [-0.2, -0.15) is 4.98 Å². The van der Waals surface area contributed by atoms with Crippen molar-refractivity contribution in [1.82, 2.24) is 19.8 Å². The van der Waals surface area contributed by atoms with Crippen molar-refractivity contribution in [2.24, 2.45) is 0 Å². The Bertz CT molecular complexity index is 772. The normalized spacial score (nSPS) is 19.0. The number of nitrogens with zero attached hydrogens (tertiary/aromatic N) is 4. The summed E-state index contributed by atoms with van der Waals surface area (Å²) >= 11 is 0. The monoisotopic (exact) mass is 337 g/mol. The van der Waals surface area contributed by atoms with Crippen molar-refractivity contribution in [3.8, 4) is 0 Å². The molecule has 1 saturated heterocycles. The lowest BCUT2D eigenvalue weighted by Gasteiger charge is -2.32. The number of pyridine rings is 1. The number of aryl methyl sites for hydroxylation is 1. The van der Waals surface area contributed by atoms with Crippen molar-refractivity contribution in [2.45, 2.75) is 30.6 Å². The van der Waals surface area contributed by atoms with Crippen LogP contribution in [0.5, 0.6) is 0 Å². The van der Waals surface area contributed by atoms with Gasteiger partial charge in [0.15, 0.2) is 5.82 Å². The largest absolute Gasteiger partial charge is 0.356 e. The fourth-order valence-corrected chi connectivity index (χ4v) is 3.39. The maximum Gasteiger partial charge on any atom is 0.241 e. The molecule has 1 unspecified atom stereocenters. The molecule has 9 heteroatoms. The number of anilines is 1. The van der Waals surface area contributed by atoms with Gasteiger partial charge in [-0.1, -0.05) is 5.16 Å². The van der Waals surface area contributed by atoms with Crippen LogP contribution in [-0.4, -0.2) is 43.7 Å². The second kappa shape index (κ2) is 6.25. The Morgan fingerprint density at radius 2 is 2.22 bits per heavy atom. The van der Waals surface area contributed by atoms with Gasteiger partial charge in [0.1, 0.15) is 10.7 Å². The van der Waals surface area contributed by atoms with Crippen LogP contribution in [0, 0.1) is 6.92 Å². The molecule has 1 fully saturated rings. The molecule has 8 nitrogen and oxygen atoms in total. The van der Waals surface area contributed by atoms with Crippen molar-refractivity contribution in [3.63, 3.8) is 0 Å². The van der Waals surface area contributed by atoms with Crippen LogP contribution in [0.25, 0.3) is 0 Å². The highest BCUT2D eigenvalue weighted by Crippen LogP contribution is 2.27. The molecule has 3 heterocycles. The van der Waals surface area contributed by atoms with Crippen LogP contribution in [0.15, 0.2) is 27.7 Å². The van der Waals surface area contributed by atoms with Crippen LogP contribution in [0.4, 0.5) is 5.82 Å². The molecule has 0 aromatic carbocycles. The molecule has 2 aromatic rings. The molecule has 0 radical (unpaired) electrons. The molecule has 1 atom stereocenters. The minimum Gasteiger partial charge on any atom is -0.356 e. The summed E-state index contributed by atoms with van der Waals surface area (Å²) in [7, 11) is -2.08. The van der Waals surface area contributed by atoms with Crippen LogP contribution in [-0.2, 0) is 10.0 Å². The first kappa shape index (κ1) is 15.9. The molecule has 3 rings (SSSR count). The van der Waals surface area contributed by atoms with E-state index in [-0.39, 0.29) is 10.8 Å². The Labute approximate surface area is 135 Å². The van der Waals surface area contributed by atoms with E-state index < -0.39 is 10.0 Å². The number of hydrogen-bond donors (Lipinski definition) is 1. The first-order valence-electron chi connectivity index (χ1n) is 7.44. The second-order valence-corrected chi connectivity index (χ2v) is 7.40. The molecular formula is C14H19N5O3S. The van der Waals surface area contributed by atoms with Gasteiger partial charge >= 0.3 is 0 Å². The number of nitrogens with one attached hydrogen (secondary N) is 1. The number of piperidine rings is 1. The molecule has 1 aliphatic heterocycles. The Hall–Kier alpha value is -2.00. The average molecular weight is 337 g/mol. The second-order valence-electron chi connectivity index (χ2n) is 5.52. The minimum absolute atomic E-state index is 0.158. The summed E-state index contributed by atoms with van der Waals surface area (Å²) in [5.41, 5.74) is 0. The molecule has 23 heavy (non-hydrogen) atoms. The molecule has 0 amide bonds. The summed E-state index contributed by atoms with van der Waals surface area (Å²) in [6.45, 7) is 3.39. The first-order chi connectivity index (χ1) is 11.0. The van der Waals surface area contributed by atoms with Gasteiger partial charge in [0.25, 0.3) is 0 Å². The minimum atomic E-state index is -3.46. The summed E-state index contributed by atoms with van der Waals surface area (Å²) < 4.78 is 30.8. The summed E-state index contributed by atoms with van der Waals surface area (Å²) in [6, 6.07) is 3.30. The van der Waals surface area contributed by atoms with Crippen LogP contribution >= 0.6 is 0 Å². The Morgan fingerprint density at radius 3 is 2.83 bits per heavy atom. The Kier molecular flexibility index (Phi) is 4.31. The van der Waals surface area contributed by atoms with Crippen LogP contribution < -0.4 is 9.62 Å². The van der Waals surface area contributed by atoms with Gasteiger partial charge in [-0.3, -0.25) is 0 Å². The third-order valence-corrected chi connectivity index (χ3v) is 5.35. The lowest BCUT2D eigenvalue weighted by molar-refractivity contribution is 0.376. The third-order valence-electron chi connectivity index (χ3n) is 3.95. The molecule has 1 N–H and O–H groups in total. The number of hydrogen-bond acceptors (Lipinski definition) is 7. The number of sulfonamides is 1.